The summed E-state index contributed by atoms with van der Waals surface area (Å²) in [5, 5.41) is 13.8. The minimum absolute atomic E-state index is 0.122. The highest BCUT2D eigenvalue weighted by Crippen LogP contribution is 2.38. The summed E-state index contributed by atoms with van der Waals surface area (Å²) >= 11 is 0. The second-order valence-corrected chi connectivity index (χ2v) is 5.49. The van der Waals surface area contributed by atoms with E-state index in [1.54, 1.807) is 24.3 Å². The van der Waals surface area contributed by atoms with Gasteiger partial charge in [0.1, 0.15) is 5.75 Å². The zero-order valence-electron chi connectivity index (χ0n) is 15.9. The Balaban J connectivity index is 2.34. The Morgan fingerprint density at radius 2 is 1.46 bits per heavy atom. The molecule has 0 radical (unpaired) electrons. The highest BCUT2D eigenvalue weighted by molar-refractivity contribution is 6.02. The van der Waals surface area contributed by atoms with Crippen LogP contribution in [0.4, 0.5) is 0 Å². The van der Waals surface area contributed by atoms with Crippen molar-refractivity contribution in [1.29, 1.82) is 0 Å². The quantitative estimate of drug-likeness (QED) is 0.681. The van der Waals surface area contributed by atoms with Crippen molar-refractivity contribution in [2.24, 2.45) is 0 Å². The lowest BCUT2D eigenvalue weighted by atomic mass is 10.1. The molecule has 0 saturated carbocycles. The predicted octanol–water partition coefficient (Wildman–Crippen LogP) is 1.24. The van der Waals surface area contributed by atoms with Crippen molar-refractivity contribution in [2.45, 2.75) is 0 Å². The molecule has 0 aliphatic heterocycles. The largest absolute Gasteiger partial charge is 0.543 e. The van der Waals surface area contributed by atoms with Gasteiger partial charge in [-0.2, -0.15) is 0 Å². The molecule has 0 aromatic heterocycles. The molecule has 2 rings (SSSR count). The molecule has 28 heavy (non-hydrogen) atoms. The molecule has 0 aliphatic rings. The summed E-state index contributed by atoms with van der Waals surface area (Å²) < 4.78 is 20.7. The Labute approximate surface area is 162 Å². The van der Waals surface area contributed by atoms with E-state index in [9.17, 15) is 14.7 Å². The summed E-state index contributed by atoms with van der Waals surface area (Å²) in [7, 11) is 5.78. The average Bonchev–Trinajstić information content (AvgIpc) is 2.72. The molecule has 0 bridgehead atoms. The van der Waals surface area contributed by atoms with Crippen LogP contribution in [0.5, 0.6) is 23.0 Å². The van der Waals surface area contributed by atoms with Crippen molar-refractivity contribution >= 4 is 18.0 Å². The highest BCUT2D eigenvalue weighted by atomic mass is 16.5. The van der Waals surface area contributed by atoms with Crippen LogP contribution in [0.3, 0.4) is 0 Å². The maximum Gasteiger partial charge on any atom is 0.255 e. The van der Waals surface area contributed by atoms with Gasteiger partial charge in [-0.1, -0.05) is 12.1 Å². The normalized spacial score (nSPS) is 10.8. The van der Waals surface area contributed by atoms with Crippen LogP contribution in [-0.2, 0) is 4.79 Å². The molecule has 0 aliphatic carbocycles. The van der Waals surface area contributed by atoms with E-state index in [4.69, 9.17) is 18.9 Å². The minimum Gasteiger partial charge on any atom is -0.543 e. The van der Waals surface area contributed by atoms with Crippen molar-refractivity contribution in [2.75, 3.05) is 28.4 Å². The van der Waals surface area contributed by atoms with Crippen molar-refractivity contribution in [3.05, 3.63) is 53.2 Å². The monoisotopic (exact) mass is 386 g/mol. The Hall–Kier alpha value is -3.68. The van der Waals surface area contributed by atoms with Crippen molar-refractivity contribution in [3.8, 4) is 23.0 Å². The first-order valence-corrected chi connectivity index (χ1v) is 8.12. The fraction of sp³-hybridized carbons (Fsp3) is 0.200. The number of carboxylic acids is 1. The number of carboxylic acid groups (broad SMARTS) is 1. The summed E-state index contributed by atoms with van der Waals surface area (Å²) in [6.45, 7) is 0. The van der Waals surface area contributed by atoms with Gasteiger partial charge in [-0.05, 0) is 35.9 Å². The number of hydrogen-bond acceptors (Lipinski definition) is 7. The maximum absolute atomic E-state index is 12.6. The summed E-state index contributed by atoms with van der Waals surface area (Å²) in [6, 6.07) is 9.45. The minimum atomic E-state index is -1.53. The molecule has 1 amide bonds. The number of aliphatic carboxylic acids is 1. The molecule has 0 fully saturated rings. The van der Waals surface area contributed by atoms with Crippen LogP contribution >= 0.6 is 0 Å². The molecule has 148 valence electrons. The van der Waals surface area contributed by atoms with Crippen LogP contribution in [0.1, 0.15) is 15.9 Å². The van der Waals surface area contributed by atoms with Gasteiger partial charge in [-0.15, -0.1) is 0 Å². The van der Waals surface area contributed by atoms with Gasteiger partial charge >= 0.3 is 0 Å². The topological polar surface area (TPSA) is 106 Å². The highest BCUT2D eigenvalue weighted by Gasteiger charge is 2.18. The van der Waals surface area contributed by atoms with E-state index < -0.39 is 17.6 Å². The molecule has 1 N–H and O–H groups in total. The van der Waals surface area contributed by atoms with E-state index >= 15 is 0 Å². The molecule has 8 heteroatoms. The number of carbonyl (C=O) groups is 2. The van der Waals surface area contributed by atoms with Gasteiger partial charge in [0.2, 0.25) is 5.75 Å². The van der Waals surface area contributed by atoms with E-state index in [-0.39, 0.29) is 17.1 Å². The number of amides is 1. The van der Waals surface area contributed by atoms with Crippen LogP contribution in [0.2, 0.25) is 0 Å². The predicted molar refractivity (Wildman–Crippen MR) is 99.5 cm³/mol. The van der Waals surface area contributed by atoms with Crippen LogP contribution in [-0.4, -0.2) is 40.3 Å². The first kappa shape index (κ1) is 20.6. The van der Waals surface area contributed by atoms with E-state index in [0.29, 0.717) is 17.1 Å². The number of carbonyl (C=O) groups excluding carboxylic acids is 2. The van der Waals surface area contributed by atoms with E-state index in [1.807, 2.05) is 0 Å². The van der Waals surface area contributed by atoms with E-state index in [0.717, 1.165) is 0 Å². The number of benzene rings is 2. The molecule has 0 spiro atoms. The van der Waals surface area contributed by atoms with Gasteiger partial charge in [0.15, 0.2) is 11.5 Å². The van der Waals surface area contributed by atoms with E-state index in [1.165, 1.54) is 46.6 Å². The lowest BCUT2D eigenvalue weighted by Gasteiger charge is -2.15. The Kier molecular flexibility index (Phi) is 6.86. The first-order valence-electron chi connectivity index (χ1n) is 8.12. The Bertz CT molecular complexity index is 863. The molecule has 2 aromatic carbocycles. The zero-order valence-corrected chi connectivity index (χ0v) is 15.9. The third-order valence-corrected chi connectivity index (χ3v) is 3.82. The fourth-order valence-electron chi connectivity index (χ4n) is 2.42. The van der Waals surface area contributed by atoms with Crippen LogP contribution in [0, 0.1) is 0 Å². The molecular formula is C20H20NO7-. The summed E-state index contributed by atoms with van der Waals surface area (Å²) in [5.41, 5.74) is 0.269. The van der Waals surface area contributed by atoms with Gasteiger partial charge in [0, 0.05) is 5.56 Å². The summed E-state index contributed by atoms with van der Waals surface area (Å²) in [5.74, 6) is -0.744. The maximum atomic E-state index is 12.6. The molecule has 0 saturated heterocycles. The zero-order chi connectivity index (χ0) is 20.7. The lowest BCUT2D eigenvalue weighted by Crippen LogP contribution is -2.35. The fourth-order valence-corrected chi connectivity index (χ4v) is 2.42. The van der Waals surface area contributed by atoms with Crippen molar-refractivity contribution in [1.82, 2.24) is 5.32 Å². The Morgan fingerprint density at radius 1 is 0.893 bits per heavy atom. The molecule has 8 nitrogen and oxygen atoms in total. The smallest absolute Gasteiger partial charge is 0.255 e. The van der Waals surface area contributed by atoms with Gasteiger partial charge < -0.3 is 34.2 Å². The first-order chi connectivity index (χ1) is 13.4. The van der Waals surface area contributed by atoms with Crippen molar-refractivity contribution in [3.63, 3.8) is 0 Å². The van der Waals surface area contributed by atoms with Crippen molar-refractivity contribution < 1.29 is 33.6 Å². The van der Waals surface area contributed by atoms with Gasteiger partial charge in [-0.3, -0.25) is 4.79 Å². The van der Waals surface area contributed by atoms with Crippen LogP contribution in [0.25, 0.3) is 6.08 Å². The SMILES string of the molecule is COc1ccc(/C=C(\NC(=O)c2cc(OC)c(OC)c(OC)c2)C(=O)[O-])cc1. The van der Waals surface area contributed by atoms with Crippen LogP contribution in [0.15, 0.2) is 42.1 Å². The molecule has 0 atom stereocenters. The number of nitrogens with one attached hydrogen (secondary N) is 1. The molecule has 0 heterocycles. The molecule has 0 unspecified atom stereocenters. The summed E-state index contributed by atoms with van der Waals surface area (Å²) in [6.07, 6.45) is 1.28. The lowest BCUT2D eigenvalue weighted by molar-refractivity contribution is -0.299. The third-order valence-electron chi connectivity index (χ3n) is 3.82. The van der Waals surface area contributed by atoms with E-state index in [2.05, 4.69) is 5.32 Å². The van der Waals surface area contributed by atoms with Gasteiger partial charge in [0.05, 0.1) is 40.1 Å². The van der Waals surface area contributed by atoms with Gasteiger partial charge in [-0.25, -0.2) is 0 Å². The second-order valence-electron chi connectivity index (χ2n) is 5.49. The number of ether oxygens (including phenoxy) is 4. The van der Waals surface area contributed by atoms with Crippen LogP contribution < -0.4 is 29.4 Å². The number of rotatable bonds is 8. The third kappa shape index (κ3) is 4.73. The number of methoxy groups -OCH3 is 4. The second kappa shape index (κ2) is 9.31. The van der Waals surface area contributed by atoms with Gasteiger partial charge in [0.25, 0.3) is 5.91 Å². The Morgan fingerprint density at radius 3 is 1.89 bits per heavy atom. The number of hydrogen-bond donors (Lipinski definition) is 1. The average molecular weight is 386 g/mol. The molecular weight excluding hydrogens is 366 g/mol. The standard InChI is InChI=1S/C20H21NO7/c1-25-14-7-5-12(6-8-14)9-15(20(23)24)21-19(22)13-10-16(26-2)18(28-4)17(11-13)27-3/h5-11H,1-4H3,(H,21,22)(H,23,24)/p-1/b15-9-. The molecule has 2 aromatic rings. The summed E-state index contributed by atoms with van der Waals surface area (Å²) in [4.78, 5) is 24.0.